The molecule has 0 saturated heterocycles. The van der Waals surface area contributed by atoms with Gasteiger partial charge in [0.15, 0.2) is 0 Å². The first kappa shape index (κ1) is 16.8. The highest BCUT2D eigenvalue weighted by molar-refractivity contribution is 7.89. The molecule has 0 fully saturated rings. The van der Waals surface area contributed by atoms with Crippen LogP contribution >= 0.6 is 0 Å². The van der Waals surface area contributed by atoms with E-state index in [0.717, 1.165) is 0 Å². The van der Waals surface area contributed by atoms with Crippen molar-refractivity contribution in [2.24, 2.45) is 0 Å². The maximum absolute atomic E-state index is 12.2. The van der Waals surface area contributed by atoms with Gasteiger partial charge < -0.3 is 4.74 Å². The number of ether oxygens (including phenoxy) is 1. The van der Waals surface area contributed by atoms with E-state index in [9.17, 15) is 21.6 Å². The zero-order valence-electron chi connectivity index (χ0n) is 11.6. The van der Waals surface area contributed by atoms with E-state index in [-0.39, 0.29) is 4.90 Å². The van der Waals surface area contributed by atoms with E-state index >= 15 is 0 Å². The minimum atomic E-state index is -4.60. The molecule has 0 unspecified atom stereocenters. The number of nitrogens with one attached hydrogen (secondary N) is 1. The SMILES string of the molecule is COc1cc(C)c(S(=O)(=O)NCC(F)(F)F)c(C)c1C. The average Bonchev–Trinajstić information content (AvgIpc) is 2.30. The van der Waals surface area contributed by atoms with Gasteiger partial charge >= 0.3 is 6.18 Å². The van der Waals surface area contributed by atoms with E-state index in [0.29, 0.717) is 22.4 Å². The minimum Gasteiger partial charge on any atom is -0.496 e. The summed E-state index contributed by atoms with van der Waals surface area (Å²) in [6, 6.07) is 1.49. The summed E-state index contributed by atoms with van der Waals surface area (Å²) in [5.74, 6) is 0.495. The van der Waals surface area contributed by atoms with Crippen LogP contribution < -0.4 is 9.46 Å². The number of methoxy groups -OCH3 is 1. The van der Waals surface area contributed by atoms with E-state index in [1.54, 1.807) is 11.6 Å². The number of alkyl halides is 3. The third-order valence-electron chi connectivity index (χ3n) is 2.93. The maximum Gasteiger partial charge on any atom is 0.402 e. The van der Waals surface area contributed by atoms with E-state index in [4.69, 9.17) is 4.74 Å². The highest BCUT2D eigenvalue weighted by atomic mass is 32.2. The largest absolute Gasteiger partial charge is 0.496 e. The molecule has 0 saturated carbocycles. The van der Waals surface area contributed by atoms with Crippen LogP contribution in [0, 0.1) is 20.8 Å². The predicted molar refractivity (Wildman–Crippen MR) is 68.4 cm³/mol. The monoisotopic (exact) mass is 311 g/mol. The van der Waals surface area contributed by atoms with E-state index in [1.165, 1.54) is 27.0 Å². The molecular weight excluding hydrogens is 295 g/mol. The summed E-state index contributed by atoms with van der Waals surface area (Å²) in [5.41, 5.74) is 1.28. The van der Waals surface area contributed by atoms with Crippen molar-refractivity contribution in [2.75, 3.05) is 13.7 Å². The van der Waals surface area contributed by atoms with Gasteiger partial charge in [0.1, 0.15) is 12.3 Å². The van der Waals surface area contributed by atoms with Crippen molar-refractivity contribution >= 4 is 10.0 Å². The summed E-state index contributed by atoms with van der Waals surface area (Å²) < 4.78 is 67.2. The zero-order valence-corrected chi connectivity index (χ0v) is 12.4. The van der Waals surface area contributed by atoms with E-state index in [1.807, 2.05) is 0 Å². The average molecular weight is 311 g/mol. The van der Waals surface area contributed by atoms with Crippen molar-refractivity contribution in [1.82, 2.24) is 4.72 Å². The highest BCUT2D eigenvalue weighted by Gasteiger charge is 2.31. The number of aryl methyl sites for hydroxylation is 1. The first-order chi connectivity index (χ1) is 8.99. The van der Waals surface area contributed by atoms with Gasteiger partial charge in [-0.25, -0.2) is 13.1 Å². The Hall–Kier alpha value is -1.28. The Balaban J connectivity index is 3.29. The molecule has 0 aromatic heterocycles. The number of hydrogen-bond donors (Lipinski definition) is 1. The van der Waals surface area contributed by atoms with Crippen molar-refractivity contribution < 1.29 is 26.3 Å². The molecule has 0 aliphatic rings. The summed E-state index contributed by atoms with van der Waals surface area (Å²) in [6.45, 7) is 3.10. The van der Waals surface area contributed by atoms with E-state index < -0.39 is 22.7 Å². The van der Waals surface area contributed by atoms with E-state index in [2.05, 4.69) is 0 Å². The van der Waals surface area contributed by atoms with Gasteiger partial charge in [-0.05, 0) is 43.5 Å². The Kier molecular flexibility index (Phi) is 4.70. The molecule has 8 heteroatoms. The molecule has 0 radical (unpaired) electrons. The van der Waals surface area contributed by atoms with Crippen LogP contribution in [0.4, 0.5) is 13.2 Å². The second-order valence-corrected chi connectivity index (χ2v) is 6.12. The second-order valence-electron chi connectivity index (χ2n) is 4.41. The molecule has 4 nitrogen and oxygen atoms in total. The fourth-order valence-corrected chi connectivity index (χ4v) is 3.43. The second kappa shape index (κ2) is 5.61. The number of rotatable bonds is 4. The first-order valence-corrected chi connectivity index (χ1v) is 7.19. The number of benzene rings is 1. The summed E-state index contributed by atoms with van der Waals surface area (Å²) in [6.07, 6.45) is -4.60. The Labute approximate surface area is 116 Å². The molecule has 0 heterocycles. The quantitative estimate of drug-likeness (QED) is 0.929. The van der Waals surface area contributed by atoms with Crippen molar-refractivity contribution in [2.45, 2.75) is 31.8 Å². The molecule has 1 rings (SSSR count). The topological polar surface area (TPSA) is 55.4 Å². The molecular formula is C12H16F3NO3S. The van der Waals surface area contributed by atoms with Crippen LogP contribution in [-0.4, -0.2) is 28.2 Å². The van der Waals surface area contributed by atoms with Crippen LogP contribution in [0.25, 0.3) is 0 Å². The van der Waals surface area contributed by atoms with Gasteiger partial charge in [-0.15, -0.1) is 0 Å². The number of hydrogen-bond acceptors (Lipinski definition) is 3. The van der Waals surface area contributed by atoms with Crippen LogP contribution in [0.2, 0.25) is 0 Å². The van der Waals surface area contributed by atoms with Gasteiger partial charge in [0.2, 0.25) is 10.0 Å². The molecule has 20 heavy (non-hydrogen) atoms. The lowest BCUT2D eigenvalue weighted by molar-refractivity contribution is -0.121. The molecule has 0 aliphatic carbocycles. The summed E-state index contributed by atoms with van der Waals surface area (Å²) in [5, 5.41) is 0. The molecule has 0 atom stereocenters. The van der Waals surface area contributed by atoms with Crippen LogP contribution in [0.3, 0.4) is 0 Å². The zero-order chi connectivity index (χ0) is 15.7. The number of halogens is 3. The van der Waals surface area contributed by atoms with Gasteiger partial charge in [-0.3, -0.25) is 0 Å². The lowest BCUT2D eigenvalue weighted by Crippen LogP contribution is -2.34. The first-order valence-electron chi connectivity index (χ1n) is 5.71. The normalized spacial score (nSPS) is 12.6. The number of sulfonamides is 1. The van der Waals surface area contributed by atoms with Crippen LogP contribution in [0.1, 0.15) is 16.7 Å². The fraction of sp³-hybridized carbons (Fsp3) is 0.500. The van der Waals surface area contributed by atoms with Crippen molar-refractivity contribution in [3.8, 4) is 5.75 Å². The fourth-order valence-electron chi connectivity index (χ4n) is 1.90. The third kappa shape index (κ3) is 3.63. The lowest BCUT2D eigenvalue weighted by atomic mass is 10.1. The van der Waals surface area contributed by atoms with Crippen molar-refractivity contribution in [1.29, 1.82) is 0 Å². The Bertz CT molecular complexity index is 609. The minimum absolute atomic E-state index is 0.139. The highest BCUT2D eigenvalue weighted by Crippen LogP contribution is 2.30. The summed E-state index contributed by atoms with van der Waals surface area (Å²) in [7, 11) is -2.79. The Morgan fingerprint density at radius 2 is 1.75 bits per heavy atom. The molecule has 0 aliphatic heterocycles. The van der Waals surface area contributed by atoms with Crippen LogP contribution in [0.15, 0.2) is 11.0 Å². The molecule has 1 aromatic carbocycles. The van der Waals surface area contributed by atoms with Gasteiger partial charge in [-0.1, -0.05) is 0 Å². The van der Waals surface area contributed by atoms with Crippen molar-refractivity contribution in [3.05, 3.63) is 22.8 Å². The van der Waals surface area contributed by atoms with Crippen molar-refractivity contribution in [3.63, 3.8) is 0 Å². The molecule has 1 N–H and O–H groups in total. The molecule has 1 aromatic rings. The van der Waals surface area contributed by atoms with Gasteiger partial charge in [-0.2, -0.15) is 13.2 Å². The summed E-state index contributed by atoms with van der Waals surface area (Å²) >= 11 is 0. The summed E-state index contributed by atoms with van der Waals surface area (Å²) in [4.78, 5) is -0.139. The molecule has 0 amide bonds. The van der Waals surface area contributed by atoms with Gasteiger partial charge in [0, 0.05) is 0 Å². The predicted octanol–water partition coefficient (Wildman–Crippen LogP) is 2.46. The Morgan fingerprint density at radius 1 is 1.20 bits per heavy atom. The molecule has 0 spiro atoms. The maximum atomic E-state index is 12.2. The standard InChI is InChI=1S/C12H16F3NO3S/c1-7-5-10(19-4)8(2)9(3)11(7)20(17,18)16-6-12(13,14)15/h5,16H,6H2,1-4H3. The Morgan fingerprint density at radius 3 is 2.20 bits per heavy atom. The third-order valence-corrected chi connectivity index (χ3v) is 4.62. The van der Waals surface area contributed by atoms with Gasteiger partial charge in [0.05, 0.1) is 12.0 Å². The van der Waals surface area contributed by atoms with Crippen LogP contribution in [0.5, 0.6) is 5.75 Å². The van der Waals surface area contributed by atoms with Gasteiger partial charge in [0.25, 0.3) is 0 Å². The van der Waals surface area contributed by atoms with Crippen LogP contribution in [-0.2, 0) is 10.0 Å². The smallest absolute Gasteiger partial charge is 0.402 e. The molecule has 114 valence electrons. The molecule has 0 bridgehead atoms. The lowest BCUT2D eigenvalue weighted by Gasteiger charge is -2.17.